The largest absolute Gasteiger partial charge is 0.378 e. The van der Waals surface area contributed by atoms with E-state index in [9.17, 15) is 4.79 Å². The fourth-order valence-corrected chi connectivity index (χ4v) is 2.13. The maximum absolute atomic E-state index is 11.9. The Labute approximate surface area is 119 Å². The van der Waals surface area contributed by atoms with Crippen LogP contribution in [0.25, 0.3) is 0 Å². The second-order valence-corrected chi connectivity index (χ2v) is 5.33. The van der Waals surface area contributed by atoms with E-state index in [-0.39, 0.29) is 11.9 Å². The molecule has 1 aliphatic heterocycles. The van der Waals surface area contributed by atoms with E-state index in [1.165, 1.54) is 0 Å². The molecular weight excluding hydrogens is 320 g/mol. The molecule has 1 atom stereocenters. The lowest BCUT2D eigenvalue weighted by Gasteiger charge is -2.23. The number of hydrogen-bond donors (Lipinski definition) is 2. The molecule has 0 radical (unpaired) electrons. The number of hydrogen-bond acceptors (Lipinski definition) is 3. The number of carbonyl (C=O) groups is 1. The monoisotopic (exact) mass is 332 g/mol. The molecule has 1 fully saturated rings. The van der Waals surface area contributed by atoms with Crippen LogP contribution in [0.1, 0.15) is 10.4 Å². The first kappa shape index (κ1) is 13.8. The second kappa shape index (κ2) is 6.52. The first-order chi connectivity index (χ1) is 8.66. The Hall–Kier alpha value is -0.620. The number of carbonyl (C=O) groups excluding carboxylic acids is 1. The van der Waals surface area contributed by atoms with E-state index in [1.54, 1.807) is 18.2 Å². The van der Waals surface area contributed by atoms with Crippen LogP contribution in [0.5, 0.6) is 0 Å². The maximum Gasteiger partial charge on any atom is 0.251 e. The van der Waals surface area contributed by atoms with Gasteiger partial charge in [-0.05, 0) is 34.1 Å². The van der Waals surface area contributed by atoms with E-state index >= 15 is 0 Å². The summed E-state index contributed by atoms with van der Waals surface area (Å²) >= 11 is 9.24. The van der Waals surface area contributed by atoms with E-state index in [4.69, 9.17) is 16.3 Å². The number of amides is 1. The molecule has 1 aromatic carbocycles. The summed E-state index contributed by atoms with van der Waals surface area (Å²) in [5, 5.41) is 6.66. The van der Waals surface area contributed by atoms with Gasteiger partial charge in [-0.3, -0.25) is 4.79 Å². The molecule has 18 heavy (non-hydrogen) atoms. The number of benzene rings is 1. The molecule has 1 unspecified atom stereocenters. The Balaban J connectivity index is 1.88. The van der Waals surface area contributed by atoms with Gasteiger partial charge in [0.1, 0.15) is 0 Å². The van der Waals surface area contributed by atoms with Crippen LogP contribution in [0.15, 0.2) is 22.7 Å². The number of nitrogens with one attached hydrogen (secondary N) is 2. The quantitative estimate of drug-likeness (QED) is 0.887. The fourth-order valence-electron chi connectivity index (χ4n) is 1.71. The first-order valence-electron chi connectivity index (χ1n) is 5.71. The molecule has 1 saturated heterocycles. The smallest absolute Gasteiger partial charge is 0.251 e. The summed E-state index contributed by atoms with van der Waals surface area (Å²) in [5.74, 6) is -0.128. The fraction of sp³-hybridized carbons (Fsp3) is 0.417. The Morgan fingerprint density at radius 1 is 1.61 bits per heavy atom. The standard InChI is InChI=1S/C12H14BrClN2O2/c13-10-2-1-8(5-11(10)14)12(17)16-6-9-7-18-4-3-15-9/h1-2,5,9,15H,3-4,6-7H2,(H,16,17). The molecule has 2 N–H and O–H groups in total. The Morgan fingerprint density at radius 3 is 3.11 bits per heavy atom. The predicted octanol–water partition coefficient (Wildman–Crippen LogP) is 1.82. The van der Waals surface area contributed by atoms with Crippen LogP contribution in [-0.2, 0) is 4.74 Å². The van der Waals surface area contributed by atoms with Crippen LogP contribution >= 0.6 is 27.5 Å². The Bertz CT molecular complexity index is 436. The lowest BCUT2D eigenvalue weighted by molar-refractivity contribution is 0.0734. The van der Waals surface area contributed by atoms with E-state index in [0.29, 0.717) is 23.7 Å². The molecule has 0 spiro atoms. The molecule has 1 aliphatic rings. The van der Waals surface area contributed by atoms with Crippen LogP contribution in [0.4, 0.5) is 0 Å². The van der Waals surface area contributed by atoms with Crippen molar-refractivity contribution in [1.29, 1.82) is 0 Å². The third-order valence-electron chi connectivity index (χ3n) is 2.69. The normalized spacial score (nSPS) is 19.6. The number of rotatable bonds is 3. The highest BCUT2D eigenvalue weighted by Crippen LogP contribution is 2.23. The zero-order valence-corrected chi connectivity index (χ0v) is 12.1. The van der Waals surface area contributed by atoms with Crippen molar-refractivity contribution in [2.75, 3.05) is 26.3 Å². The third-order valence-corrected chi connectivity index (χ3v) is 3.92. The van der Waals surface area contributed by atoms with E-state index in [2.05, 4.69) is 26.6 Å². The summed E-state index contributed by atoms with van der Waals surface area (Å²) < 4.78 is 6.09. The van der Waals surface area contributed by atoms with Gasteiger partial charge >= 0.3 is 0 Å². The van der Waals surface area contributed by atoms with Gasteiger partial charge in [-0.15, -0.1) is 0 Å². The van der Waals surface area contributed by atoms with Gasteiger partial charge in [0.25, 0.3) is 5.91 Å². The van der Waals surface area contributed by atoms with Gasteiger partial charge < -0.3 is 15.4 Å². The van der Waals surface area contributed by atoms with Crippen LogP contribution < -0.4 is 10.6 Å². The molecular formula is C12H14BrClN2O2. The van der Waals surface area contributed by atoms with Crippen molar-refractivity contribution in [3.63, 3.8) is 0 Å². The summed E-state index contributed by atoms with van der Waals surface area (Å²) in [5.41, 5.74) is 0.555. The molecule has 1 heterocycles. The van der Waals surface area contributed by atoms with Crippen LogP contribution in [-0.4, -0.2) is 38.3 Å². The van der Waals surface area contributed by atoms with Gasteiger partial charge in [0.05, 0.1) is 18.2 Å². The summed E-state index contributed by atoms with van der Waals surface area (Å²) in [7, 11) is 0. The molecule has 4 nitrogen and oxygen atoms in total. The minimum Gasteiger partial charge on any atom is -0.378 e. The Morgan fingerprint density at radius 2 is 2.44 bits per heavy atom. The second-order valence-electron chi connectivity index (χ2n) is 4.06. The van der Waals surface area contributed by atoms with E-state index in [1.807, 2.05) is 0 Å². The molecule has 2 rings (SSSR count). The Kier molecular flexibility index (Phi) is 5.00. The van der Waals surface area contributed by atoms with Gasteiger partial charge in [0, 0.05) is 29.2 Å². The summed E-state index contributed by atoms with van der Waals surface area (Å²) in [6.45, 7) is 2.73. The van der Waals surface area contributed by atoms with Crippen molar-refractivity contribution in [2.24, 2.45) is 0 Å². The molecule has 6 heteroatoms. The zero-order valence-electron chi connectivity index (χ0n) is 9.71. The molecule has 1 amide bonds. The van der Waals surface area contributed by atoms with Crippen LogP contribution in [0.3, 0.4) is 0 Å². The topological polar surface area (TPSA) is 50.4 Å². The molecule has 0 aromatic heterocycles. The highest BCUT2D eigenvalue weighted by atomic mass is 79.9. The van der Waals surface area contributed by atoms with Crippen LogP contribution in [0.2, 0.25) is 5.02 Å². The van der Waals surface area contributed by atoms with Crippen molar-refractivity contribution in [1.82, 2.24) is 10.6 Å². The van der Waals surface area contributed by atoms with Crippen molar-refractivity contribution in [3.8, 4) is 0 Å². The van der Waals surface area contributed by atoms with Gasteiger partial charge in [0.15, 0.2) is 0 Å². The van der Waals surface area contributed by atoms with Crippen molar-refractivity contribution in [3.05, 3.63) is 33.3 Å². The van der Waals surface area contributed by atoms with E-state index in [0.717, 1.165) is 17.6 Å². The number of morpholine rings is 1. The van der Waals surface area contributed by atoms with Gasteiger partial charge in [-0.25, -0.2) is 0 Å². The zero-order chi connectivity index (χ0) is 13.0. The summed E-state index contributed by atoms with van der Waals surface area (Å²) in [6.07, 6.45) is 0. The maximum atomic E-state index is 11.9. The highest BCUT2D eigenvalue weighted by molar-refractivity contribution is 9.10. The van der Waals surface area contributed by atoms with Crippen molar-refractivity contribution >= 4 is 33.4 Å². The molecule has 1 aromatic rings. The van der Waals surface area contributed by atoms with Crippen molar-refractivity contribution < 1.29 is 9.53 Å². The average Bonchev–Trinajstić information content (AvgIpc) is 2.40. The summed E-state index contributed by atoms with van der Waals surface area (Å²) in [4.78, 5) is 11.9. The summed E-state index contributed by atoms with van der Waals surface area (Å²) in [6, 6.07) is 5.31. The predicted molar refractivity (Wildman–Crippen MR) is 74.1 cm³/mol. The van der Waals surface area contributed by atoms with Gasteiger partial charge in [0.2, 0.25) is 0 Å². The molecule has 0 bridgehead atoms. The molecule has 98 valence electrons. The third kappa shape index (κ3) is 3.68. The molecule has 0 aliphatic carbocycles. The lowest BCUT2D eigenvalue weighted by atomic mass is 10.2. The molecule has 0 saturated carbocycles. The minimum absolute atomic E-state index is 0.128. The average molecular weight is 334 g/mol. The number of ether oxygens (including phenoxy) is 1. The lowest BCUT2D eigenvalue weighted by Crippen LogP contribution is -2.48. The van der Waals surface area contributed by atoms with Gasteiger partial charge in [-0.1, -0.05) is 11.6 Å². The van der Waals surface area contributed by atoms with Crippen LogP contribution in [0, 0.1) is 0 Å². The van der Waals surface area contributed by atoms with Crippen molar-refractivity contribution in [2.45, 2.75) is 6.04 Å². The highest BCUT2D eigenvalue weighted by Gasteiger charge is 2.14. The van der Waals surface area contributed by atoms with E-state index < -0.39 is 0 Å². The minimum atomic E-state index is -0.128. The SMILES string of the molecule is O=C(NCC1COCCN1)c1ccc(Br)c(Cl)c1. The number of halogens is 2. The first-order valence-corrected chi connectivity index (χ1v) is 6.88. The van der Waals surface area contributed by atoms with Gasteiger partial charge in [-0.2, -0.15) is 0 Å².